The van der Waals surface area contributed by atoms with E-state index in [1.165, 1.54) is 38.8 Å². The Balaban J connectivity index is 0.000000293. The molecule has 0 fully saturated rings. The van der Waals surface area contributed by atoms with Crippen molar-refractivity contribution in [2.24, 2.45) is 20.3 Å². The summed E-state index contributed by atoms with van der Waals surface area (Å²) in [6.45, 7) is 3.36. The third kappa shape index (κ3) is 9.44. The standard InChI is InChI=1S/2C16H16N2O3.Ni/c2*1-11(18-20)14-5-3-4-6-15(14)17-10-12-7-8-13(21-2)9-16(12)19;/h2*3-10,19-20H,1-2H3;/q;;+2/p-2/b2*17-10?,18-11+;. The number of oxime groups is 2. The van der Waals surface area contributed by atoms with E-state index in [-0.39, 0.29) is 28.0 Å². The Morgan fingerprint density at radius 2 is 1.00 bits per heavy atom. The van der Waals surface area contributed by atoms with Crippen LogP contribution in [-0.4, -0.2) is 48.5 Å². The van der Waals surface area contributed by atoms with Gasteiger partial charge in [-0.3, -0.25) is 9.98 Å². The van der Waals surface area contributed by atoms with E-state index < -0.39 is 0 Å². The van der Waals surface area contributed by atoms with Crippen LogP contribution in [-0.2, 0) is 16.5 Å². The Morgan fingerprint density at radius 1 is 0.628 bits per heavy atom. The summed E-state index contributed by atoms with van der Waals surface area (Å²) in [5.41, 5.74) is 4.51. The van der Waals surface area contributed by atoms with Crippen molar-refractivity contribution in [1.29, 1.82) is 0 Å². The number of para-hydroxylation sites is 2. The molecule has 0 aliphatic carbocycles. The van der Waals surface area contributed by atoms with Crippen molar-refractivity contribution in [3.63, 3.8) is 0 Å². The van der Waals surface area contributed by atoms with Crippen molar-refractivity contribution in [2.75, 3.05) is 14.2 Å². The van der Waals surface area contributed by atoms with Crippen LogP contribution in [0.15, 0.2) is 105 Å². The Labute approximate surface area is 259 Å². The van der Waals surface area contributed by atoms with Crippen molar-refractivity contribution >= 4 is 35.2 Å². The van der Waals surface area contributed by atoms with E-state index >= 15 is 0 Å². The van der Waals surface area contributed by atoms with Gasteiger partial charge in [0.15, 0.2) is 0 Å². The Kier molecular flexibility index (Phi) is 13.4. The van der Waals surface area contributed by atoms with Crippen molar-refractivity contribution in [2.45, 2.75) is 13.8 Å². The first-order valence-electron chi connectivity index (χ1n) is 12.7. The monoisotopic (exact) mass is 624 g/mol. The molecule has 4 aromatic rings. The van der Waals surface area contributed by atoms with Crippen molar-refractivity contribution in [3.05, 3.63) is 107 Å². The van der Waals surface area contributed by atoms with Gasteiger partial charge >= 0.3 is 16.5 Å². The topological polar surface area (TPSA) is 154 Å². The number of hydrogen-bond donors (Lipinski definition) is 2. The van der Waals surface area contributed by atoms with Crippen LogP contribution in [0.5, 0.6) is 23.0 Å². The molecule has 0 spiro atoms. The second kappa shape index (κ2) is 17.0. The number of nitrogens with zero attached hydrogens (tertiary/aromatic N) is 4. The third-order valence-electron chi connectivity index (χ3n) is 6.01. The summed E-state index contributed by atoms with van der Waals surface area (Å²) in [5.74, 6) is 0.702. The maximum Gasteiger partial charge on any atom is 2.00 e. The number of methoxy groups -OCH3 is 2. The van der Waals surface area contributed by atoms with E-state index in [1.54, 1.807) is 62.4 Å². The van der Waals surface area contributed by atoms with E-state index in [0.717, 1.165) is 0 Å². The number of aliphatic imine (C=N–C) groups is 2. The van der Waals surface area contributed by atoms with Gasteiger partial charge < -0.3 is 30.1 Å². The Bertz CT molecular complexity index is 1520. The molecular weight excluding hydrogens is 595 g/mol. The van der Waals surface area contributed by atoms with E-state index in [1.807, 2.05) is 24.3 Å². The molecule has 0 aliphatic heterocycles. The Morgan fingerprint density at radius 3 is 1.33 bits per heavy atom. The molecule has 0 aliphatic rings. The molecule has 4 aromatic carbocycles. The van der Waals surface area contributed by atoms with E-state index in [2.05, 4.69) is 20.3 Å². The fourth-order valence-corrected chi connectivity index (χ4v) is 3.67. The van der Waals surface area contributed by atoms with Crippen molar-refractivity contribution < 1.29 is 46.6 Å². The van der Waals surface area contributed by atoms with Crippen LogP contribution in [0.2, 0.25) is 0 Å². The molecule has 11 heteroatoms. The molecule has 43 heavy (non-hydrogen) atoms. The minimum absolute atomic E-state index is 0. The summed E-state index contributed by atoms with van der Waals surface area (Å²) in [6, 6.07) is 24.0. The molecule has 0 bridgehead atoms. The largest absolute Gasteiger partial charge is 2.00 e. The van der Waals surface area contributed by atoms with Gasteiger partial charge in [-0.1, -0.05) is 70.3 Å². The predicted molar refractivity (Wildman–Crippen MR) is 160 cm³/mol. The van der Waals surface area contributed by atoms with Crippen LogP contribution in [0.1, 0.15) is 36.1 Å². The van der Waals surface area contributed by atoms with Gasteiger partial charge in [0, 0.05) is 23.6 Å². The molecular formula is C32H30N4NiO6. The summed E-state index contributed by atoms with van der Waals surface area (Å²) in [7, 11) is 3.02. The molecule has 224 valence electrons. The van der Waals surface area contributed by atoms with Crippen LogP contribution in [0.4, 0.5) is 11.4 Å². The molecule has 0 atom stereocenters. The van der Waals surface area contributed by atoms with Gasteiger partial charge in [-0.15, -0.1) is 0 Å². The van der Waals surface area contributed by atoms with Crippen molar-refractivity contribution in [1.82, 2.24) is 0 Å². The molecule has 2 N–H and O–H groups in total. The third-order valence-corrected chi connectivity index (χ3v) is 6.01. The minimum Gasteiger partial charge on any atom is -0.872 e. The molecule has 0 radical (unpaired) electrons. The molecule has 0 unspecified atom stereocenters. The molecule has 4 rings (SSSR count). The molecule has 10 nitrogen and oxygen atoms in total. The minimum atomic E-state index is -0.164. The molecule has 0 aromatic heterocycles. The van der Waals surface area contributed by atoms with Gasteiger partial charge in [-0.25, -0.2) is 0 Å². The van der Waals surface area contributed by atoms with Crippen LogP contribution in [0.3, 0.4) is 0 Å². The number of benzene rings is 4. The summed E-state index contributed by atoms with van der Waals surface area (Å²) in [6.07, 6.45) is 2.98. The fraction of sp³-hybridized carbons (Fsp3) is 0.125. The zero-order valence-corrected chi connectivity index (χ0v) is 24.9. The SMILES string of the molecule is COc1ccc(C=Nc2ccccc2/C(C)=N/O)c([O-])c1.COc1ccc(C=Nc2ccccc2/C(C)=N/O)c([O-])c1.[Ni+2]. The van der Waals surface area contributed by atoms with E-state index in [0.29, 0.717) is 56.6 Å². The molecule has 0 heterocycles. The maximum atomic E-state index is 11.9. The second-order valence-corrected chi connectivity index (χ2v) is 8.73. The average molecular weight is 625 g/mol. The van der Waals surface area contributed by atoms with Gasteiger partial charge in [-0.05, 0) is 61.4 Å². The quantitative estimate of drug-likeness (QED) is 0.115. The van der Waals surface area contributed by atoms with Gasteiger partial charge in [0.25, 0.3) is 0 Å². The zero-order chi connectivity index (χ0) is 30.5. The first-order chi connectivity index (χ1) is 20.3. The summed E-state index contributed by atoms with van der Waals surface area (Å²) in [5, 5.41) is 47.8. The Hall–Kier alpha value is -5.15. The molecule has 0 saturated carbocycles. The smallest absolute Gasteiger partial charge is 0.872 e. The van der Waals surface area contributed by atoms with Gasteiger partial charge in [0.1, 0.15) is 11.5 Å². The normalized spacial score (nSPS) is 11.5. The average Bonchev–Trinajstić information content (AvgIpc) is 3.03. The fourth-order valence-electron chi connectivity index (χ4n) is 3.67. The van der Waals surface area contributed by atoms with Crippen LogP contribution in [0, 0.1) is 0 Å². The zero-order valence-electron chi connectivity index (χ0n) is 23.9. The second-order valence-electron chi connectivity index (χ2n) is 8.73. The number of rotatable bonds is 8. The van der Waals surface area contributed by atoms with Gasteiger partial charge in [-0.2, -0.15) is 0 Å². The summed E-state index contributed by atoms with van der Waals surface area (Å²) < 4.78 is 9.98. The molecule has 0 saturated heterocycles. The first kappa shape index (κ1) is 34.1. The number of ether oxygens (including phenoxy) is 2. The summed E-state index contributed by atoms with van der Waals surface area (Å²) >= 11 is 0. The van der Waals surface area contributed by atoms with Crippen LogP contribution >= 0.6 is 0 Å². The van der Waals surface area contributed by atoms with E-state index in [9.17, 15) is 10.2 Å². The van der Waals surface area contributed by atoms with Crippen molar-refractivity contribution in [3.8, 4) is 23.0 Å². The van der Waals surface area contributed by atoms with Gasteiger partial charge in [0.2, 0.25) is 0 Å². The number of hydrogen-bond acceptors (Lipinski definition) is 10. The van der Waals surface area contributed by atoms with Crippen LogP contribution < -0.4 is 19.7 Å². The van der Waals surface area contributed by atoms with Crippen LogP contribution in [0.25, 0.3) is 0 Å². The maximum absolute atomic E-state index is 11.9. The van der Waals surface area contributed by atoms with E-state index in [4.69, 9.17) is 19.9 Å². The first-order valence-corrected chi connectivity index (χ1v) is 12.7. The van der Waals surface area contributed by atoms with Gasteiger partial charge in [0.05, 0.1) is 37.0 Å². The predicted octanol–water partition coefficient (Wildman–Crippen LogP) is 5.43. The summed E-state index contributed by atoms with van der Waals surface area (Å²) in [4.78, 5) is 8.61. The molecule has 0 amide bonds.